The van der Waals surface area contributed by atoms with Crippen LogP contribution < -0.4 is 5.32 Å². The molecule has 1 heteroatoms. The SMILES string of the molecule is CCCCCC(C)C(NCC)C(C)C. The van der Waals surface area contributed by atoms with Gasteiger partial charge in [0.1, 0.15) is 0 Å². The minimum absolute atomic E-state index is 0.705. The lowest BCUT2D eigenvalue weighted by Gasteiger charge is -2.28. The molecule has 86 valence electrons. The van der Waals surface area contributed by atoms with Crippen LogP contribution in [0.2, 0.25) is 0 Å². The monoisotopic (exact) mass is 199 g/mol. The molecule has 0 spiro atoms. The van der Waals surface area contributed by atoms with Crippen molar-refractivity contribution in [3.05, 3.63) is 0 Å². The Morgan fingerprint density at radius 1 is 1.00 bits per heavy atom. The number of hydrogen-bond donors (Lipinski definition) is 1. The summed E-state index contributed by atoms with van der Waals surface area (Å²) in [6, 6.07) is 0.705. The first-order valence-corrected chi connectivity index (χ1v) is 6.36. The molecule has 1 N–H and O–H groups in total. The van der Waals surface area contributed by atoms with Gasteiger partial charge in [-0.1, -0.05) is 53.9 Å². The maximum absolute atomic E-state index is 3.61. The van der Waals surface area contributed by atoms with Crippen LogP contribution in [-0.2, 0) is 0 Å². The summed E-state index contributed by atoms with van der Waals surface area (Å²) in [4.78, 5) is 0. The number of unbranched alkanes of at least 4 members (excludes halogenated alkanes) is 2. The van der Waals surface area contributed by atoms with Crippen molar-refractivity contribution in [1.29, 1.82) is 0 Å². The van der Waals surface area contributed by atoms with Gasteiger partial charge in [-0.2, -0.15) is 0 Å². The van der Waals surface area contributed by atoms with Crippen molar-refractivity contribution in [3.63, 3.8) is 0 Å². The van der Waals surface area contributed by atoms with E-state index in [1.54, 1.807) is 0 Å². The highest BCUT2D eigenvalue weighted by Crippen LogP contribution is 2.18. The van der Waals surface area contributed by atoms with Crippen LogP contribution in [0.3, 0.4) is 0 Å². The normalized spacial score (nSPS) is 15.9. The quantitative estimate of drug-likeness (QED) is 0.586. The van der Waals surface area contributed by atoms with Crippen molar-refractivity contribution >= 4 is 0 Å². The first-order chi connectivity index (χ1) is 6.63. The van der Waals surface area contributed by atoms with Crippen molar-refractivity contribution in [2.75, 3.05) is 6.54 Å². The molecule has 0 aliphatic rings. The summed E-state index contributed by atoms with van der Waals surface area (Å²) in [5, 5.41) is 3.61. The summed E-state index contributed by atoms with van der Waals surface area (Å²) in [5.74, 6) is 1.58. The summed E-state index contributed by atoms with van der Waals surface area (Å²) in [6.45, 7) is 12.6. The van der Waals surface area contributed by atoms with E-state index in [2.05, 4.69) is 39.9 Å². The number of nitrogens with one attached hydrogen (secondary N) is 1. The van der Waals surface area contributed by atoms with Gasteiger partial charge in [-0.05, 0) is 24.8 Å². The van der Waals surface area contributed by atoms with E-state index in [9.17, 15) is 0 Å². The molecule has 2 unspecified atom stereocenters. The Morgan fingerprint density at radius 3 is 2.07 bits per heavy atom. The van der Waals surface area contributed by atoms with Crippen molar-refractivity contribution in [3.8, 4) is 0 Å². The van der Waals surface area contributed by atoms with Gasteiger partial charge in [0.05, 0.1) is 0 Å². The summed E-state index contributed by atoms with van der Waals surface area (Å²) in [5.41, 5.74) is 0. The Hall–Kier alpha value is -0.0400. The highest BCUT2D eigenvalue weighted by molar-refractivity contribution is 4.75. The average molecular weight is 199 g/mol. The molecule has 0 fully saturated rings. The van der Waals surface area contributed by atoms with Gasteiger partial charge < -0.3 is 5.32 Å². The zero-order valence-electron chi connectivity index (χ0n) is 10.8. The van der Waals surface area contributed by atoms with Crippen LogP contribution in [-0.4, -0.2) is 12.6 Å². The average Bonchev–Trinajstić information content (AvgIpc) is 2.13. The Kier molecular flexibility index (Phi) is 8.26. The minimum atomic E-state index is 0.705. The Morgan fingerprint density at radius 2 is 1.64 bits per heavy atom. The molecule has 2 atom stereocenters. The molecule has 0 heterocycles. The summed E-state index contributed by atoms with van der Waals surface area (Å²) in [6.07, 6.45) is 5.50. The van der Waals surface area contributed by atoms with Crippen LogP contribution in [0.25, 0.3) is 0 Å². The van der Waals surface area contributed by atoms with Crippen molar-refractivity contribution in [2.24, 2.45) is 11.8 Å². The summed E-state index contributed by atoms with van der Waals surface area (Å²) >= 11 is 0. The zero-order chi connectivity index (χ0) is 11.0. The minimum Gasteiger partial charge on any atom is -0.314 e. The standard InChI is InChI=1S/C13H29N/c1-6-8-9-10-12(5)13(11(3)4)14-7-2/h11-14H,6-10H2,1-5H3. The van der Waals surface area contributed by atoms with E-state index < -0.39 is 0 Å². The maximum atomic E-state index is 3.61. The smallest absolute Gasteiger partial charge is 0.0116 e. The molecule has 1 nitrogen and oxygen atoms in total. The van der Waals surface area contributed by atoms with Crippen LogP contribution in [0, 0.1) is 11.8 Å². The Labute approximate surface area is 90.7 Å². The van der Waals surface area contributed by atoms with Gasteiger partial charge in [-0.25, -0.2) is 0 Å². The Bertz CT molecular complexity index is 120. The summed E-state index contributed by atoms with van der Waals surface area (Å²) < 4.78 is 0. The second-order valence-corrected chi connectivity index (χ2v) is 4.80. The van der Waals surface area contributed by atoms with E-state index in [-0.39, 0.29) is 0 Å². The topological polar surface area (TPSA) is 12.0 Å². The molecule has 0 saturated carbocycles. The lowest BCUT2D eigenvalue weighted by molar-refractivity contribution is 0.284. The van der Waals surface area contributed by atoms with E-state index in [4.69, 9.17) is 0 Å². The van der Waals surface area contributed by atoms with Crippen LogP contribution in [0.1, 0.15) is 60.3 Å². The molecule has 0 aromatic rings. The fraction of sp³-hybridized carbons (Fsp3) is 1.00. The van der Waals surface area contributed by atoms with Crippen LogP contribution in [0.15, 0.2) is 0 Å². The van der Waals surface area contributed by atoms with E-state index >= 15 is 0 Å². The van der Waals surface area contributed by atoms with E-state index in [0.29, 0.717) is 6.04 Å². The first-order valence-electron chi connectivity index (χ1n) is 6.36. The molecule has 0 aliphatic carbocycles. The van der Waals surface area contributed by atoms with Gasteiger partial charge in [-0.15, -0.1) is 0 Å². The van der Waals surface area contributed by atoms with Crippen molar-refractivity contribution in [2.45, 2.75) is 66.3 Å². The van der Waals surface area contributed by atoms with Crippen LogP contribution >= 0.6 is 0 Å². The van der Waals surface area contributed by atoms with Gasteiger partial charge in [0.2, 0.25) is 0 Å². The maximum Gasteiger partial charge on any atom is 0.0116 e. The third-order valence-corrected chi connectivity index (χ3v) is 3.03. The second kappa shape index (κ2) is 8.28. The van der Waals surface area contributed by atoms with E-state index in [1.165, 1.54) is 25.7 Å². The van der Waals surface area contributed by atoms with Gasteiger partial charge in [-0.3, -0.25) is 0 Å². The highest BCUT2D eigenvalue weighted by atomic mass is 14.9. The highest BCUT2D eigenvalue weighted by Gasteiger charge is 2.18. The zero-order valence-corrected chi connectivity index (χ0v) is 10.8. The number of rotatable bonds is 8. The third-order valence-electron chi connectivity index (χ3n) is 3.03. The molecule has 0 saturated heterocycles. The van der Waals surface area contributed by atoms with Gasteiger partial charge >= 0.3 is 0 Å². The van der Waals surface area contributed by atoms with Gasteiger partial charge in [0.15, 0.2) is 0 Å². The van der Waals surface area contributed by atoms with Crippen molar-refractivity contribution < 1.29 is 0 Å². The fourth-order valence-corrected chi connectivity index (χ4v) is 2.23. The molecule has 0 rings (SSSR count). The van der Waals surface area contributed by atoms with E-state index in [0.717, 1.165) is 18.4 Å². The largest absolute Gasteiger partial charge is 0.314 e. The number of hydrogen-bond acceptors (Lipinski definition) is 1. The van der Waals surface area contributed by atoms with Gasteiger partial charge in [0.25, 0.3) is 0 Å². The fourth-order valence-electron chi connectivity index (χ4n) is 2.23. The molecular formula is C13H29N. The molecule has 14 heavy (non-hydrogen) atoms. The first kappa shape index (κ1) is 14.0. The molecule has 0 aromatic carbocycles. The second-order valence-electron chi connectivity index (χ2n) is 4.80. The lowest BCUT2D eigenvalue weighted by Crippen LogP contribution is -2.39. The van der Waals surface area contributed by atoms with Crippen LogP contribution in [0.4, 0.5) is 0 Å². The van der Waals surface area contributed by atoms with Gasteiger partial charge in [0, 0.05) is 6.04 Å². The molecule has 0 aliphatic heterocycles. The predicted octanol–water partition coefficient (Wildman–Crippen LogP) is 3.84. The molecular weight excluding hydrogens is 170 g/mol. The molecule has 0 radical (unpaired) electrons. The van der Waals surface area contributed by atoms with E-state index in [1.807, 2.05) is 0 Å². The molecule has 0 aromatic heterocycles. The lowest BCUT2D eigenvalue weighted by atomic mass is 9.88. The van der Waals surface area contributed by atoms with Crippen molar-refractivity contribution in [1.82, 2.24) is 5.32 Å². The molecule has 0 amide bonds. The molecule has 0 bridgehead atoms. The van der Waals surface area contributed by atoms with Crippen LogP contribution in [0.5, 0.6) is 0 Å². The Balaban J connectivity index is 3.82. The summed E-state index contributed by atoms with van der Waals surface area (Å²) in [7, 11) is 0. The third kappa shape index (κ3) is 5.64. The predicted molar refractivity (Wildman–Crippen MR) is 65.6 cm³/mol.